The predicted octanol–water partition coefficient (Wildman–Crippen LogP) is 4.76. The van der Waals surface area contributed by atoms with Crippen LogP contribution < -0.4 is 4.74 Å². The molecular weight excluding hydrogens is 263 g/mol. The molecule has 0 radical (unpaired) electrons. The lowest BCUT2D eigenvalue weighted by molar-refractivity contribution is 0.290. The summed E-state index contributed by atoms with van der Waals surface area (Å²) in [7, 11) is 0. The standard InChI is InChI=1S/C16H16ClFO/c1-11-3-4-14(7-12(11)2)10-19-16-6-5-13(9-17)8-15(16)18/h3-8H,9-10H2,1-2H3. The molecule has 0 N–H and O–H groups in total. The minimum Gasteiger partial charge on any atom is -0.486 e. The number of rotatable bonds is 4. The van der Waals surface area contributed by atoms with E-state index in [0.29, 0.717) is 12.5 Å². The van der Waals surface area contributed by atoms with E-state index in [1.54, 1.807) is 12.1 Å². The lowest BCUT2D eigenvalue weighted by atomic mass is 10.1. The van der Waals surface area contributed by atoms with E-state index in [-0.39, 0.29) is 11.6 Å². The van der Waals surface area contributed by atoms with Gasteiger partial charge in [-0.3, -0.25) is 0 Å². The minimum absolute atomic E-state index is 0.257. The van der Waals surface area contributed by atoms with Crippen LogP contribution in [0.15, 0.2) is 36.4 Å². The van der Waals surface area contributed by atoms with Gasteiger partial charge < -0.3 is 4.74 Å². The van der Waals surface area contributed by atoms with Gasteiger partial charge in [0.1, 0.15) is 6.61 Å². The first-order chi connectivity index (χ1) is 9.10. The van der Waals surface area contributed by atoms with Gasteiger partial charge in [0.25, 0.3) is 0 Å². The van der Waals surface area contributed by atoms with Gasteiger partial charge in [-0.2, -0.15) is 0 Å². The fraction of sp³-hybridized carbons (Fsp3) is 0.250. The molecule has 0 fully saturated rings. The van der Waals surface area contributed by atoms with E-state index in [2.05, 4.69) is 19.9 Å². The molecule has 100 valence electrons. The normalized spacial score (nSPS) is 10.5. The number of hydrogen-bond acceptors (Lipinski definition) is 1. The SMILES string of the molecule is Cc1ccc(COc2ccc(CCl)cc2F)cc1C. The van der Waals surface area contributed by atoms with Gasteiger partial charge in [-0.25, -0.2) is 4.39 Å². The monoisotopic (exact) mass is 278 g/mol. The second-order valence-corrected chi connectivity index (χ2v) is 4.87. The van der Waals surface area contributed by atoms with Gasteiger partial charge in [-0.15, -0.1) is 11.6 Å². The average Bonchev–Trinajstić information content (AvgIpc) is 2.41. The molecular formula is C16H16ClFO. The van der Waals surface area contributed by atoms with Crippen LogP contribution >= 0.6 is 11.6 Å². The first-order valence-electron chi connectivity index (χ1n) is 6.13. The van der Waals surface area contributed by atoms with Gasteiger partial charge in [0.05, 0.1) is 0 Å². The molecule has 0 bridgehead atoms. The smallest absolute Gasteiger partial charge is 0.165 e. The first kappa shape index (κ1) is 13.9. The van der Waals surface area contributed by atoms with Crippen LogP contribution in [-0.2, 0) is 12.5 Å². The molecule has 1 nitrogen and oxygen atoms in total. The molecule has 0 aliphatic rings. The first-order valence-corrected chi connectivity index (χ1v) is 6.67. The van der Waals surface area contributed by atoms with Crippen LogP contribution in [0.1, 0.15) is 22.3 Å². The second kappa shape index (κ2) is 6.07. The highest BCUT2D eigenvalue weighted by Gasteiger charge is 2.05. The van der Waals surface area contributed by atoms with Crippen molar-refractivity contribution in [2.24, 2.45) is 0 Å². The molecule has 0 aliphatic heterocycles. The maximum atomic E-state index is 13.7. The van der Waals surface area contributed by atoms with Crippen LogP contribution in [0.4, 0.5) is 4.39 Å². The number of ether oxygens (including phenoxy) is 1. The maximum Gasteiger partial charge on any atom is 0.165 e. The molecule has 0 amide bonds. The van der Waals surface area contributed by atoms with Crippen LogP contribution in [0.3, 0.4) is 0 Å². The van der Waals surface area contributed by atoms with Crippen molar-refractivity contribution in [3.8, 4) is 5.75 Å². The maximum absolute atomic E-state index is 13.7. The molecule has 0 aliphatic carbocycles. The molecule has 0 aromatic heterocycles. The summed E-state index contributed by atoms with van der Waals surface area (Å²) < 4.78 is 19.2. The van der Waals surface area contributed by atoms with E-state index in [1.807, 2.05) is 12.1 Å². The Hall–Kier alpha value is -1.54. The predicted molar refractivity (Wildman–Crippen MR) is 76.2 cm³/mol. The Morgan fingerprint density at radius 2 is 1.74 bits per heavy atom. The molecule has 0 saturated carbocycles. The largest absolute Gasteiger partial charge is 0.486 e. The number of aryl methyl sites for hydroxylation is 2. The molecule has 2 aromatic rings. The Bertz CT molecular complexity index is 581. The Morgan fingerprint density at radius 3 is 2.37 bits per heavy atom. The van der Waals surface area contributed by atoms with E-state index < -0.39 is 0 Å². The van der Waals surface area contributed by atoms with Crippen LogP contribution in [0.25, 0.3) is 0 Å². The van der Waals surface area contributed by atoms with Crippen molar-refractivity contribution < 1.29 is 9.13 Å². The zero-order valence-electron chi connectivity index (χ0n) is 11.0. The van der Waals surface area contributed by atoms with E-state index in [1.165, 1.54) is 17.2 Å². The summed E-state index contributed by atoms with van der Waals surface area (Å²) in [6.07, 6.45) is 0. The molecule has 0 heterocycles. The summed E-state index contributed by atoms with van der Waals surface area (Å²) in [5.74, 6) is 0.183. The Labute approximate surface area is 118 Å². The summed E-state index contributed by atoms with van der Waals surface area (Å²) in [5, 5.41) is 0. The zero-order valence-corrected chi connectivity index (χ0v) is 11.8. The van der Waals surface area contributed by atoms with Crippen molar-refractivity contribution in [3.63, 3.8) is 0 Å². The Kier molecular flexibility index (Phi) is 4.43. The Balaban J connectivity index is 2.07. The molecule has 0 spiro atoms. The van der Waals surface area contributed by atoms with Crippen LogP contribution in [-0.4, -0.2) is 0 Å². The quantitative estimate of drug-likeness (QED) is 0.733. The number of alkyl halides is 1. The highest BCUT2D eigenvalue weighted by atomic mass is 35.5. The molecule has 3 heteroatoms. The minimum atomic E-state index is -0.373. The van der Waals surface area contributed by atoms with Crippen molar-refractivity contribution in [3.05, 3.63) is 64.5 Å². The fourth-order valence-corrected chi connectivity index (χ4v) is 1.97. The third kappa shape index (κ3) is 3.48. The summed E-state index contributed by atoms with van der Waals surface area (Å²) in [6.45, 7) is 4.47. The topological polar surface area (TPSA) is 9.23 Å². The van der Waals surface area contributed by atoms with Gasteiger partial charge in [0.2, 0.25) is 0 Å². The van der Waals surface area contributed by atoms with Crippen LogP contribution in [0, 0.1) is 19.7 Å². The molecule has 0 unspecified atom stereocenters. The van der Waals surface area contributed by atoms with Crippen molar-refractivity contribution in [1.29, 1.82) is 0 Å². The van der Waals surface area contributed by atoms with E-state index >= 15 is 0 Å². The lowest BCUT2D eigenvalue weighted by Gasteiger charge is -2.09. The van der Waals surface area contributed by atoms with E-state index in [4.69, 9.17) is 16.3 Å². The summed E-state index contributed by atoms with van der Waals surface area (Å²) in [6, 6.07) is 10.9. The van der Waals surface area contributed by atoms with E-state index in [9.17, 15) is 4.39 Å². The van der Waals surface area contributed by atoms with Crippen molar-refractivity contribution in [1.82, 2.24) is 0 Å². The fourth-order valence-electron chi connectivity index (χ4n) is 1.80. The molecule has 2 aromatic carbocycles. The van der Waals surface area contributed by atoms with E-state index in [0.717, 1.165) is 11.1 Å². The third-order valence-corrected chi connectivity index (χ3v) is 3.42. The number of hydrogen-bond donors (Lipinski definition) is 0. The van der Waals surface area contributed by atoms with Gasteiger partial charge >= 0.3 is 0 Å². The van der Waals surface area contributed by atoms with Crippen molar-refractivity contribution in [2.45, 2.75) is 26.3 Å². The number of halogens is 2. The molecule has 2 rings (SSSR count). The molecule has 0 atom stereocenters. The van der Waals surface area contributed by atoms with Gasteiger partial charge in [0.15, 0.2) is 11.6 Å². The third-order valence-electron chi connectivity index (χ3n) is 3.12. The molecule has 19 heavy (non-hydrogen) atoms. The van der Waals surface area contributed by atoms with Gasteiger partial charge in [-0.1, -0.05) is 24.3 Å². The zero-order chi connectivity index (χ0) is 13.8. The summed E-state index contributed by atoms with van der Waals surface area (Å²) in [4.78, 5) is 0. The summed E-state index contributed by atoms with van der Waals surface area (Å²) >= 11 is 5.65. The Morgan fingerprint density at radius 1 is 1.00 bits per heavy atom. The lowest BCUT2D eigenvalue weighted by Crippen LogP contribution is -1.98. The highest BCUT2D eigenvalue weighted by Crippen LogP contribution is 2.21. The highest BCUT2D eigenvalue weighted by molar-refractivity contribution is 6.17. The second-order valence-electron chi connectivity index (χ2n) is 4.61. The molecule has 0 saturated heterocycles. The van der Waals surface area contributed by atoms with Crippen LogP contribution in [0.5, 0.6) is 5.75 Å². The summed E-state index contributed by atoms with van der Waals surface area (Å²) in [5.41, 5.74) is 4.22. The van der Waals surface area contributed by atoms with Crippen molar-refractivity contribution in [2.75, 3.05) is 0 Å². The van der Waals surface area contributed by atoms with Gasteiger partial charge in [-0.05, 0) is 48.2 Å². The van der Waals surface area contributed by atoms with Crippen LogP contribution in [0.2, 0.25) is 0 Å². The average molecular weight is 279 g/mol. The number of benzene rings is 2. The van der Waals surface area contributed by atoms with Gasteiger partial charge in [0, 0.05) is 5.88 Å². The van der Waals surface area contributed by atoms with Crippen molar-refractivity contribution >= 4 is 11.6 Å².